The SMILES string of the molecule is O=[N+]([O-])c1ccncc1OCc1ccccc1. The van der Waals surface area contributed by atoms with Gasteiger partial charge in [0.05, 0.1) is 11.1 Å². The van der Waals surface area contributed by atoms with E-state index in [2.05, 4.69) is 4.98 Å². The highest BCUT2D eigenvalue weighted by Crippen LogP contribution is 2.25. The van der Waals surface area contributed by atoms with Crippen molar-refractivity contribution in [1.82, 2.24) is 4.98 Å². The Hall–Kier alpha value is -2.43. The van der Waals surface area contributed by atoms with Gasteiger partial charge in [-0.25, -0.2) is 0 Å². The fourth-order valence-electron chi connectivity index (χ4n) is 1.37. The zero-order valence-corrected chi connectivity index (χ0v) is 8.95. The predicted octanol–water partition coefficient (Wildman–Crippen LogP) is 2.57. The molecule has 0 atom stereocenters. The average molecular weight is 230 g/mol. The molecule has 5 nitrogen and oxygen atoms in total. The molecule has 1 aromatic heterocycles. The molecule has 0 radical (unpaired) electrons. The molecule has 1 heterocycles. The first-order chi connectivity index (χ1) is 8.27. The van der Waals surface area contributed by atoms with Crippen molar-refractivity contribution >= 4 is 5.69 Å². The molecule has 0 unspecified atom stereocenters. The zero-order valence-electron chi connectivity index (χ0n) is 8.95. The number of nitro groups is 1. The van der Waals surface area contributed by atoms with Crippen LogP contribution in [0.5, 0.6) is 5.75 Å². The van der Waals surface area contributed by atoms with Crippen LogP contribution >= 0.6 is 0 Å². The van der Waals surface area contributed by atoms with Gasteiger partial charge in [-0.1, -0.05) is 30.3 Å². The lowest BCUT2D eigenvalue weighted by Gasteiger charge is -2.05. The smallest absolute Gasteiger partial charge is 0.314 e. The van der Waals surface area contributed by atoms with Gasteiger partial charge in [0.25, 0.3) is 0 Å². The molecule has 0 aliphatic heterocycles. The fraction of sp³-hybridized carbons (Fsp3) is 0.0833. The number of benzene rings is 1. The van der Waals surface area contributed by atoms with Gasteiger partial charge in [0, 0.05) is 12.3 Å². The van der Waals surface area contributed by atoms with E-state index in [-0.39, 0.29) is 18.0 Å². The van der Waals surface area contributed by atoms with E-state index in [0.29, 0.717) is 0 Å². The number of ether oxygens (including phenoxy) is 1. The molecule has 0 spiro atoms. The summed E-state index contributed by atoms with van der Waals surface area (Å²) < 4.78 is 5.38. The van der Waals surface area contributed by atoms with Crippen LogP contribution in [0.1, 0.15) is 5.56 Å². The molecule has 17 heavy (non-hydrogen) atoms. The summed E-state index contributed by atoms with van der Waals surface area (Å²) in [5, 5.41) is 10.7. The van der Waals surface area contributed by atoms with E-state index in [1.54, 1.807) is 0 Å². The molecule has 0 N–H and O–H groups in total. The molecule has 86 valence electrons. The van der Waals surface area contributed by atoms with Crippen LogP contribution in [0.2, 0.25) is 0 Å². The van der Waals surface area contributed by atoms with Crippen LogP contribution in [0.4, 0.5) is 5.69 Å². The highest BCUT2D eigenvalue weighted by Gasteiger charge is 2.14. The molecule has 0 saturated carbocycles. The molecule has 5 heteroatoms. The minimum Gasteiger partial charge on any atom is -0.481 e. The Labute approximate surface area is 97.8 Å². The monoisotopic (exact) mass is 230 g/mol. The van der Waals surface area contributed by atoms with E-state index in [4.69, 9.17) is 4.74 Å². The van der Waals surface area contributed by atoms with Crippen LogP contribution in [0, 0.1) is 10.1 Å². The maximum absolute atomic E-state index is 10.7. The fourth-order valence-corrected chi connectivity index (χ4v) is 1.37. The molecule has 0 aliphatic carbocycles. The molecule has 0 saturated heterocycles. The number of hydrogen-bond donors (Lipinski definition) is 0. The first kappa shape index (κ1) is 11.1. The summed E-state index contributed by atoms with van der Waals surface area (Å²) in [7, 11) is 0. The molecule has 0 bridgehead atoms. The standard InChI is InChI=1S/C12H10N2O3/c15-14(16)11-6-7-13-8-12(11)17-9-10-4-2-1-3-5-10/h1-8H,9H2. The molecule has 0 aliphatic rings. The Morgan fingerprint density at radius 1 is 1.24 bits per heavy atom. The Bertz CT molecular complexity index is 514. The third-order valence-electron chi connectivity index (χ3n) is 2.20. The van der Waals surface area contributed by atoms with E-state index in [9.17, 15) is 10.1 Å². The van der Waals surface area contributed by atoms with Crippen molar-refractivity contribution in [1.29, 1.82) is 0 Å². The molecule has 0 fully saturated rings. The second kappa shape index (κ2) is 5.07. The van der Waals surface area contributed by atoms with Gasteiger partial charge in [-0.3, -0.25) is 15.1 Å². The van der Waals surface area contributed by atoms with Crippen LogP contribution in [-0.2, 0) is 6.61 Å². The van der Waals surface area contributed by atoms with Gasteiger partial charge in [-0.05, 0) is 5.56 Å². The lowest BCUT2D eigenvalue weighted by molar-refractivity contribution is -0.386. The largest absolute Gasteiger partial charge is 0.481 e. The highest BCUT2D eigenvalue weighted by atomic mass is 16.6. The Morgan fingerprint density at radius 3 is 2.71 bits per heavy atom. The first-order valence-corrected chi connectivity index (χ1v) is 5.02. The van der Waals surface area contributed by atoms with Crippen molar-refractivity contribution in [3.8, 4) is 5.75 Å². The Kier molecular flexibility index (Phi) is 3.30. The lowest BCUT2D eigenvalue weighted by Crippen LogP contribution is -1.99. The second-order valence-electron chi connectivity index (χ2n) is 3.37. The maximum atomic E-state index is 10.7. The minimum absolute atomic E-state index is 0.0732. The predicted molar refractivity (Wildman–Crippen MR) is 61.7 cm³/mol. The third-order valence-corrected chi connectivity index (χ3v) is 2.20. The van der Waals surface area contributed by atoms with Gasteiger partial charge in [0.2, 0.25) is 5.75 Å². The van der Waals surface area contributed by atoms with Gasteiger partial charge in [-0.15, -0.1) is 0 Å². The average Bonchev–Trinajstić information content (AvgIpc) is 2.38. The molecular weight excluding hydrogens is 220 g/mol. The van der Waals surface area contributed by atoms with E-state index in [1.165, 1.54) is 18.5 Å². The molecule has 2 rings (SSSR count). The van der Waals surface area contributed by atoms with Gasteiger partial charge in [0.1, 0.15) is 6.61 Å². The summed E-state index contributed by atoms with van der Waals surface area (Å²) in [6.45, 7) is 0.285. The molecule has 0 amide bonds. The van der Waals surface area contributed by atoms with Gasteiger partial charge in [-0.2, -0.15) is 0 Å². The summed E-state index contributed by atoms with van der Waals surface area (Å²) >= 11 is 0. The number of hydrogen-bond acceptors (Lipinski definition) is 4. The second-order valence-corrected chi connectivity index (χ2v) is 3.37. The van der Waals surface area contributed by atoms with E-state index in [0.717, 1.165) is 5.56 Å². The summed E-state index contributed by atoms with van der Waals surface area (Å²) in [5.74, 6) is 0.182. The van der Waals surface area contributed by atoms with Gasteiger partial charge < -0.3 is 4.74 Å². The first-order valence-electron chi connectivity index (χ1n) is 5.02. The van der Waals surface area contributed by atoms with E-state index >= 15 is 0 Å². The Morgan fingerprint density at radius 2 is 2.00 bits per heavy atom. The zero-order chi connectivity index (χ0) is 12.1. The number of nitrogens with zero attached hydrogens (tertiary/aromatic N) is 2. The topological polar surface area (TPSA) is 65.3 Å². The molecular formula is C12H10N2O3. The third kappa shape index (κ3) is 2.78. The Balaban J connectivity index is 2.12. The van der Waals surface area contributed by atoms with Crippen LogP contribution in [0.15, 0.2) is 48.8 Å². The number of pyridine rings is 1. The summed E-state index contributed by atoms with van der Waals surface area (Å²) in [4.78, 5) is 14.1. The highest BCUT2D eigenvalue weighted by molar-refractivity contribution is 5.43. The van der Waals surface area contributed by atoms with Crippen LogP contribution in [-0.4, -0.2) is 9.91 Å². The van der Waals surface area contributed by atoms with Crippen LogP contribution in [0.25, 0.3) is 0 Å². The van der Waals surface area contributed by atoms with Crippen molar-refractivity contribution in [2.75, 3.05) is 0 Å². The minimum atomic E-state index is -0.484. The normalized spacial score (nSPS) is 9.88. The molecule has 1 aromatic carbocycles. The molecule has 2 aromatic rings. The maximum Gasteiger partial charge on any atom is 0.314 e. The lowest BCUT2D eigenvalue weighted by atomic mass is 10.2. The van der Waals surface area contributed by atoms with Gasteiger partial charge >= 0.3 is 5.69 Å². The van der Waals surface area contributed by atoms with E-state index in [1.807, 2.05) is 30.3 Å². The van der Waals surface area contributed by atoms with Crippen molar-refractivity contribution < 1.29 is 9.66 Å². The van der Waals surface area contributed by atoms with Crippen molar-refractivity contribution in [3.63, 3.8) is 0 Å². The van der Waals surface area contributed by atoms with E-state index < -0.39 is 4.92 Å². The van der Waals surface area contributed by atoms with Crippen LogP contribution < -0.4 is 4.74 Å². The quantitative estimate of drug-likeness (QED) is 0.598. The summed E-state index contributed by atoms with van der Waals surface area (Å²) in [6, 6.07) is 10.8. The van der Waals surface area contributed by atoms with Crippen LogP contribution in [0.3, 0.4) is 0 Å². The van der Waals surface area contributed by atoms with Gasteiger partial charge in [0.15, 0.2) is 0 Å². The van der Waals surface area contributed by atoms with Crippen molar-refractivity contribution in [2.24, 2.45) is 0 Å². The van der Waals surface area contributed by atoms with Crippen molar-refractivity contribution in [2.45, 2.75) is 6.61 Å². The number of aromatic nitrogens is 1. The number of rotatable bonds is 4. The summed E-state index contributed by atoms with van der Waals surface area (Å²) in [6.07, 6.45) is 2.72. The summed E-state index contributed by atoms with van der Waals surface area (Å²) in [5.41, 5.74) is 0.876. The van der Waals surface area contributed by atoms with Crippen molar-refractivity contribution in [3.05, 3.63) is 64.5 Å².